The zero-order chi connectivity index (χ0) is 13.8. The standard InChI is InChI=1S/C14H17N3OS/c1-4-19-12-8-6-5-7-11(12)14(18)15-13-9-10(2)16-17(13)3/h5-9H,4H2,1-3H3,(H,15,18). The van der Waals surface area contributed by atoms with Gasteiger partial charge in [0.05, 0.1) is 11.3 Å². The van der Waals surface area contributed by atoms with E-state index in [4.69, 9.17) is 0 Å². The van der Waals surface area contributed by atoms with E-state index in [-0.39, 0.29) is 5.91 Å². The van der Waals surface area contributed by atoms with Crippen LogP contribution in [0.4, 0.5) is 5.82 Å². The number of thioether (sulfide) groups is 1. The summed E-state index contributed by atoms with van der Waals surface area (Å²) >= 11 is 1.67. The lowest BCUT2D eigenvalue weighted by molar-refractivity contribution is 0.102. The molecule has 0 aliphatic heterocycles. The van der Waals surface area contributed by atoms with Gasteiger partial charge < -0.3 is 5.32 Å². The summed E-state index contributed by atoms with van der Waals surface area (Å²) in [4.78, 5) is 13.3. The summed E-state index contributed by atoms with van der Waals surface area (Å²) in [6, 6.07) is 9.49. The van der Waals surface area contributed by atoms with Gasteiger partial charge >= 0.3 is 0 Å². The zero-order valence-electron chi connectivity index (χ0n) is 11.3. The third-order valence-electron chi connectivity index (χ3n) is 2.68. The van der Waals surface area contributed by atoms with Crippen LogP contribution in [-0.4, -0.2) is 21.4 Å². The Bertz CT molecular complexity index is 592. The van der Waals surface area contributed by atoms with Crippen molar-refractivity contribution < 1.29 is 4.79 Å². The Hall–Kier alpha value is -1.75. The maximum absolute atomic E-state index is 12.3. The normalized spacial score (nSPS) is 10.5. The molecule has 4 nitrogen and oxygen atoms in total. The van der Waals surface area contributed by atoms with Crippen molar-refractivity contribution in [3.05, 3.63) is 41.6 Å². The van der Waals surface area contributed by atoms with Crippen LogP contribution in [-0.2, 0) is 7.05 Å². The molecule has 0 aliphatic carbocycles. The molecule has 0 aliphatic rings. The highest BCUT2D eigenvalue weighted by Gasteiger charge is 2.13. The molecule has 0 saturated carbocycles. The van der Waals surface area contributed by atoms with Crippen LogP contribution in [0.5, 0.6) is 0 Å². The molecule has 0 atom stereocenters. The molecule has 100 valence electrons. The zero-order valence-corrected chi connectivity index (χ0v) is 12.1. The molecule has 1 heterocycles. The molecule has 1 amide bonds. The molecule has 1 aromatic heterocycles. The predicted molar refractivity (Wildman–Crippen MR) is 78.7 cm³/mol. The average molecular weight is 275 g/mol. The lowest BCUT2D eigenvalue weighted by atomic mass is 10.2. The lowest BCUT2D eigenvalue weighted by Gasteiger charge is -2.09. The van der Waals surface area contributed by atoms with Crippen molar-refractivity contribution in [2.45, 2.75) is 18.7 Å². The van der Waals surface area contributed by atoms with Gasteiger partial charge in [0.1, 0.15) is 5.82 Å². The Morgan fingerprint density at radius 1 is 1.42 bits per heavy atom. The van der Waals surface area contributed by atoms with Crippen LogP contribution in [0.1, 0.15) is 23.0 Å². The second-order valence-electron chi connectivity index (χ2n) is 4.18. The SMILES string of the molecule is CCSc1ccccc1C(=O)Nc1cc(C)nn1C. The Morgan fingerprint density at radius 3 is 2.79 bits per heavy atom. The van der Waals surface area contributed by atoms with Crippen molar-refractivity contribution in [2.24, 2.45) is 7.05 Å². The number of aromatic nitrogens is 2. The van der Waals surface area contributed by atoms with E-state index in [1.807, 2.05) is 44.3 Å². The van der Waals surface area contributed by atoms with Crippen molar-refractivity contribution in [1.29, 1.82) is 0 Å². The minimum atomic E-state index is -0.0976. The van der Waals surface area contributed by atoms with Crippen LogP contribution in [0.3, 0.4) is 0 Å². The number of amides is 1. The molecule has 2 aromatic rings. The number of carbonyl (C=O) groups is 1. The fourth-order valence-electron chi connectivity index (χ4n) is 1.85. The number of aryl methyl sites for hydroxylation is 2. The highest BCUT2D eigenvalue weighted by molar-refractivity contribution is 7.99. The number of nitrogens with one attached hydrogen (secondary N) is 1. The van der Waals surface area contributed by atoms with Gasteiger partial charge in [0.2, 0.25) is 0 Å². The molecular weight excluding hydrogens is 258 g/mol. The average Bonchev–Trinajstić information content (AvgIpc) is 2.69. The topological polar surface area (TPSA) is 46.9 Å². The summed E-state index contributed by atoms with van der Waals surface area (Å²) in [5.41, 5.74) is 1.59. The molecule has 2 rings (SSSR count). The van der Waals surface area contributed by atoms with E-state index in [2.05, 4.69) is 17.3 Å². The van der Waals surface area contributed by atoms with Crippen molar-refractivity contribution in [2.75, 3.05) is 11.1 Å². The first-order valence-electron chi connectivity index (χ1n) is 6.15. The van der Waals surface area contributed by atoms with Gasteiger partial charge in [-0.1, -0.05) is 19.1 Å². The van der Waals surface area contributed by atoms with Crippen molar-refractivity contribution in [1.82, 2.24) is 9.78 Å². The van der Waals surface area contributed by atoms with Gasteiger partial charge in [-0.2, -0.15) is 5.10 Å². The first-order valence-corrected chi connectivity index (χ1v) is 7.14. The lowest BCUT2D eigenvalue weighted by Crippen LogP contribution is -2.15. The quantitative estimate of drug-likeness (QED) is 0.872. The molecular formula is C14H17N3OS. The van der Waals surface area contributed by atoms with Gasteiger partial charge in [-0.25, -0.2) is 0 Å². The van der Waals surface area contributed by atoms with Crippen LogP contribution < -0.4 is 5.32 Å². The van der Waals surface area contributed by atoms with Crippen molar-refractivity contribution >= 4 is 23.5 Å². The van der Waals surface area contributed by atoms with Crippen LogP contribution in [0.2, 0.25) is 0 Å². The van der Waals surface area contributed by atoms with Gasteiger partial charge in [0.15, 0.2) is 0 Å². The van der Waals surface area contributed by atoms with E-state index in [1.165, 1.54) is 0 Å². The van der Waals surface area contributed by atoms with Crippen LogP contribution in [0.15, 0.2) is 35.2 Å². The number of nitrogens with zero attached hydrogens (tertiary/aromatic N) is 2. The fraction of sp³-hybridized carbons (Fsp3) is 0.286. The second kappa shape index (κ2) is 5.93. The van der Waals surface area contributed by atoms with Gasteiger partial charge in [0, 0.05) is 18.0 Å². The number of hydrogen-bond acceptors (Lipinski definition) is 3. The first-order chi connectivity index (χ1) is 9.11. The molecule has 0 spiro atoms. The minimum Gasteiger partial charge on any atom is -0.307 e. The van der Waals surface area contributed by atoms with Gasteiger partial charge in [-0.15, -0.1) is 11.8 Å². The Labute approximate surface area is 117 Å². The summed E-state index contributed by atoms with van der Waals surface area (Å²) < 4.78 is 1.67. The molecule has 1 N–H and O–H groups in total. The number of carbonyl (C=O) groups excluding carboxylic acids is 1. The summed E-state index contributed by atoms with van der Waals surface area (Å²) in [6.07, 6.45) is 0. The van der Waals surface area contributed by atoms with E-state index < -0.39 is 0 Å². The van der Waals surface area contributed by atoms with E-state index in [9.17, 15) is 4.79 Å². The second-order valence-corrected chi connectivity index (χ2v) is 5.48. The van der Waals surface area contributed by atoms with E-state index >= 15 is 0 Å². The molecule has 1 aromatic carbocycles. The highest BCUT2D eigenvalue weighted by atomic mass is 32.2. The summed E-state index contributed by atoms with van der Waals surface area (Å²) in [5.74, 6) is 1.55. The molecule has 0 saturated heterocycles. The maximum atomic E-state index is 12.3. The molecule has 5 heteroatoms. The Morgan fingerprint density at radius 2 is 2.16 bits per heavy atom. The smallest absolute Gasteiger partial charge is 0.257 e. The fourth-order valence-corrected chi connectivity index (χ4v) is 2.65. The number of rotatable bonds is 4. The third kappa shape index (κ3) is 3.17. The highest BCUT2D eigenvalue weighted by Crippen LogP contribution is 2.23. The number of benzene rings is 1. The number of anilines is 1. The first kappa shape index (κ1) is 13.7. The van der Waals surface area contributed by atoms with Crippen LogP contribution in [0, 0.1) is 6.92 Å². The van der Waals surface area contributed by atoms with Gasteiger partial charge in [-0.3, -0.25) is 9.48 Å². The largest absolute Gasteiger partial charge is 0.307 e. The van der Waals surface area contributed by atoms with Gasteiger partial charge in [0.25, 0.3) is 5.91 Å². The van der Waals surface area contributed by atoms with Crippen molar-refractivity contribution in [3.63, 3.8) is 0 Å². The van der Waals surface area contributed by atoms with E-state index in [1.54, 1.807) is 16.4 Å². The molecule has 19 heavy (non-hydrogen) atoms. The monoisotopic (exact) mass is 275 g/mol. The Balaban J connectivity index is 2.22. The van der Waals surface area contributed by atoms with E-state index in [0.29, 0.717) is 11.4 Å². The maximum Gasteiger partial charge on any atom is 0.257 e. The minimum absolute atomic E-state index is 0.0976. The summed E-state index contributed by atoms with van der Waals surface area (Å²) in [7, 11) is 1.81. The molecule has 0 bridgehead atoms. The van der Waals surface area contributed by atoms with Crippen LogP contribution >= 0.6 is 11.8 Å². The Kier molecular flexibility index (Phi) is 4.27. The van der Waals surface area contributed by atoms with Crippen molar-refractivity contribution in [3.8, 4) is 0 Å². The molecule has 0 unspecified atom stereocenters. The third-order valence-corrected chi connectivity index (χ3v) is 3.63. The van der Waals surface area contributed by atoms with Crippen LogP contribution in [0.25, 0.3) is 0 Å². The molecule has 0 radical (unpaired) electrons. The predicted octanol–water partition coefficient (Wildman–Crippen LogP) is 3.09. The summed E-state index contributed by atoms with van der Waals surface area (Å²) in [6.45, 7) is 3.97. The van der Waals surface area contributed by atoms with E-state index in [0.717, 1.165) is 16.3 Å². The summed E-state index contributed by atoms with van der Waals surface area (Å²) in [5, 5.41) is 7.11. The molecule has 0 fully saturated rings. The van der Waals surface area contributed by atoms with Gasteiger partial charge in [-0.05, 0) is 24.8 Å². The number of hydrogen-bond donors (Lipinski definition) is 1.